The zero-order valence-corrected chi connectivity index (χ0v) is 21.9. The summed E-state index contributed by atoms with van der Waals surface area (Å²) in [6.45, 7) is 4.33. The summed E-state index contributed by atoms with van der Waals surface area (Å²) in [6, 6.07) is 27.6. The molecule has 1 atom stereocenters. The van der Waals surface area contributed by atoms with Gasteiger partial charge in [-0.2, -0.15) is 0 Å². The van der Waals surface area contributed by atoms with Gasteiger partial charge in [0.25, 0.3) is 0 Å². The van der Waals surface area contributed by atoms with E-state index in [1.807, 2.05) is 98.8 Å². The molecule has 1 aromatic heterocycles. The number of nitrogens with zero attached hydrogens (tertiary/aromatic N) is 3. The van der Waals surface area contributed by atoms with Crippen LogP contribution in [-0.2, 0) is 9.59 Å². The van der Waals surface area contributed by atoms with Crippen molar-refractivity contribution in [2.75, 3.05) is 17.6 Å². The van der Waals surface area contributed by atoms with Crippen molar-refractivity contribution in [1.29, 1.82) is 0 Å². The second-order valence-corrected chi connectivity index (χ2v) is 10.4. The maximum Gasteiger partial charge on any atom is 0.233 e. The zero-order chi connectivity index (χ0) is 25.3. The second-order valence-electron chi connectivity index (χ2n) is 8.35. The van der Waals surface area contributed by atoms with E-state index in [9.17, 15) is 9.59 Å². The molecule has 1 unspecified atom stereocenters. The first kappa shape index (κ1) is 25.6. The number of benzene rings is 3. The molecule has 1 heterocycles. The normalized spacial score (nSPS) is 11.6. The summed E-state index contributed by atoms with van der Waals surface area (Å²) in [4.78, 5) is 28.8. The summed E-state index contributed by atoms with van der Waals surface area (Å²) >= 11 is 2.83. The fraction of sp³-hybridized carbons (Fsp3) is 0.214. The molecule has 3 aromatic carbocycles. The maximum atomic E-state index is 13.2. The van der Waals surface area contributed by atoms with Crippen molar-refractivity contribution >= 4 is 40.0 Å². The first-order chi connectivity index (χ1) is 17.5. The van der Waals surface area contributed by atoms with Gasteiger partial charge in [-0.05, 0) is 31.5 Å². The van der Waals surface area contributed by atoms with E-state index in [1.165, 1.54) is 28.7 Å². The number of nitrogens with one attached hydrogen (secondary N) is 1. The number of anilines is 1. The average Bonchev–Trinajstić information content (AvgIpc) is 3.37. The van der Waals surface area contributed by atoms with Crippen LogP contribution >= 0.6 is 23.1 Å². The summed E-state index contributed by atoms with van der Waals surface area (Å²) in [7, 11) is 0. The van der Waals surface area contributed by atoms with Crippen LogP contribution in [-0.4, -0.2) is 39.2 Å². The number of thioether (sulfide) groups is 1. The molecule has 0 aliphatic carbocycles. The lowest BCUT2D eigenvalue weighted by Crippen LogP contribution is -2.37. The van der Waals surface area contributed by atoms with E-state index in [4.69, 9.17) is 0 Å². The lowest BCUT2D eigenvalue weighted by atomic mass is 10.1. The molecule has 8 heteroatoms. The van der Waals surface area contributed by atoms with Crippen LogP contribution < -0.4 is 5.32 Å². The third-order valence-electron chi connectivity index (χ3n) is 5.72. The van der Waals surface area contributed by atoms with E-state index in [0.717, 1.165) is 21.0 Å². The van der Waals surface area contributed by atoms with Gasteiger partial charge in [0.05, 0.1) is 11.8 Å². The molecule has 1 N–H and O–H groups in total. The Balaban J connectivity index is 1.39. The van der Waals surface area contributed by atoms with Gasteiger partial charge in [0.1, 0.15) is 5.01 Å². The summed E-state index contributed by atoms with van der Waals surface area (Å²) in [5, 5.41) is 12.3. The molecule has 2 amide bonds. The Morgan fingerprint density at radius 3 is 2.31 bits per heavy atom. The van der Waals surface area contributed by atoms with Crippen LogP contribution in [0.1, 0.15) is 30.5 Å². The van der Waals surface area contributed by atoms with Crippen LogP contribution in [0.5, 0.6) is 0 Å². The standard InChI is InChI=1S/C28H28N4O2S2/c1-20-13-15-23(16-14-20)27-30-31-28(36-27)29-25(33)17-18-32(21(2)22-9-5-3-6-10-22)26(34)19-35-24-11-7-4-8-12-24/h3-16,21H,17-19H2,1-2H3,(H,29,31,33). The molecule has 4 rings (SSSR count). The van der Waals surface area contributed by atoms with Gasteiger partial charge in [-0.15, -0.1) is 22.0 Å². The average molecular weight is 517 g/mol. The topological polar surface area (TPSA) is 75.2 Å². The van der Waals surface area contributed by atoms with E-state index in [1.54, 1.807) is 4.90 Å². The van der Waals surface area contributed by atoms with E-state index >= 15 is 0 Å². The van der Waals surface area contributed by atoms with Gasteiger partial charge in [-0.3, -0.25) is 9.59 Å². The molecule has 6 nitrogen and oxygen atoms in total. The molecule has 4 aromatic rings. The van der Waals surface area contributed by atoms with Crippen LogP contribution in [0.3, 0.4) is 0 Å². The molecule has 0 saturated carbocycles. The maximum absolute atomic E-state index is 13.2. The predicted molar refractivity (Wildman–Crippen MR) is 147 cm³/mol. The van der Waals surface area contributed by atoms with Crippen molar-refractivity contribution in [1.82, 2.24) is 15.1 Å². The highest BCUT2D eigenvalue weighted by Crippen LogP contribution is 2.27. The van der Waals surface area contributed by atoms with Crippen molar-refractivity contribution in [3.05, 3.63) is 96.1 Å². The summed E-state index contributed by atoms with van der Waals surface area (Å²) < 4.78 is 0. The van der Waals surface area contributed by atoms with Crippen LogP contribution in [0.2, 0.25) is 0 Å². The van der Waals surface area contributed by atoms with Crippen molar-refractivity contribution in [2.45, 2.75) is 31.2 Å². The van der Waals surface area contributed by atoms with Gasteiger partial charge in [-0.1, -0.05) is 89.7 Å². The van der Waals surface area contributed by atoms with Gasteiger partial charge < -0.3 is 10.2 Å². The first-order valence-electron chi connectivity index (χ1n) is 11.7. The molecular formula is C28H28N4O2S2. The minimum atomic E-state index is -0.199. The number of amides is 2. The molecule has 0 fully saturated rings. The van der Waals surface area contributed by atoms with Gasteiger partial charge in [0.15, 0.2) is 0 Å². The second kappa shape index (κ2) is 12.5. The highest BCUT2D eigenvalue weighted by molar-refractivity contribution is 8.00. The minimum absolute atomic E-state index is 0.00872. The third kappa shape index (κ3) is 7.02. The highest BCUT2D eigenvalue weighted by Gasteiger charge is 2.23. The van der Waals surface area contributed by atoms with Crippen molar-refractivity contribution in [3.63, 3.8) is 0 Å². The number of carbonyl (C=O) groups excluding carboxylic acids is 2. The van der Waals surface area contributed by atoms with E-state index in [2.05, 4.69) is 15.5 Å². The van der Waals surface area contributed by atoms with Gasteiger partial charge in [-0.25, -0.2) is 0 Å². The van der Waals surface area contributed by atoms with Crippen molar-refractivity contribution in [3.8, 4) is 10.6 Å². The van der Waals surface area contributed by atoms with E-state index < -0.39 is 0 Å². The number of rotatable bonds is 10. The fourth-order valence-electron chi connectivity index (χ4n) is 3.68. The number of carbonyl (C=O) groups is 2. The molecule has 36 heavy (non-hydrogen) atoms. The molecular weight excluding hydrogens is 488 g/mol. The van der Waals surface area contributed by atoms with Crippen LogP contribution in [0, 0.1) is 6.92 Å². The van der Waals surface area contributed by atoms with Crippen LogP contribution in [0.15, 0.2) is 89.8 Å². The Morgan fingerprint density at radius 2 is 1.61 bits per heavy atom. The Kier molecular flexibility index (Phi) is 8.86. The van der Waals surface area contributed by atoms with Gasteiger partial charge >= 0.3 is 0 Å². The lowest BCUT2D eigenvalue weighted by Gasteiger charge is -2.29. The fourth-order valence-corrected chi connectivity index (χ4v) is 5.25. The highest BCUT2D eigenvalue weighted by atomic mass is 32.2. The number of hydrogen-bond donors (Lipinski definition) is 1. The molecule has 0 radical (unpaired) electrons. The number of hydrogen-bond acceptors (Lipinski definition) is 6. The largest absolute Gasteiger partial charge is 0.335 e. The number of aryl methyl sites for hydroxylation is 1. The van der Waals surface area contributed by atoms with Crippen LogP contribution in [0.4, 0.5) is 5.13 Å². The van der Waals surface area contributed by atoms with Crippen molar-refractivity contribution in [2.24, 2.45) is 0 Å². The van der Waals surface area contributed by atoms with Crippen LogP contribution in [0.25, 0.3) is 10.6 Å². The molecule has 0 saturated heterocycles. The molecule has 184 valence electrons. The minimum Gasteiger partial charge on any atom is -0.335 e. The zero-order valence-electron chi connectivity index (χ0n) is 20.3. The van der Waals surface area contributed by atoms with E-state index in [-0.39, 0.29) is 24.3 Å². The summed E-state index contributed by atoms with van der Waals surface area (Å²) in [5.41, 5.74) is 3.16. The Labute approximate surface area is 219 Å². The molecule has 0 bridgehead atoms. The molecule has 0 aliphatic rings. The number of aromatic nitrogens is 2. The molecule has 0 spiro atoms. The van der Waals surface area contributed by atoms with Crippen molar-refractivity contribution < 1.29 is 9.59 Å². The molecule has 0 aliphatic heterocycles. The van der Waals surface area contributed by atoms with Gasteiger partial charge in [0, 0.05) is 23.4 Å². The quantitative estimate of drug-likeness (QED) is 0.253. The third-order valence-corrected chi connectivity index (χ3v) is 7.61. The van der Waals surface area contributed by atoms with E-state index in [0.29, 0.717) is 17.4 Å². The lowest BCUT2D eigenvalue weighted by molar-refractivity contribution is -0.131. The SMILES string of the molecule is Cc1ccc(-c2nnc(NC(=O)CCN(C(=O)CSc3ccccc3)C(C)c3ccccc3)s2)cc1. The smallest absolute Gasteiger partial charge is 0.233 e. The Hall–Kier alpha value is -3.49. The Morgan fingerprint density at radius 1 is 0.944 bits per heavy atom. The summed E-state index contributed by atoms with van der Waals surface area (Å²) in [5.74, 6) is 0.0972. The predicted octanol–water partition coefficient (Wildman–Crippen LogP) is 6.22. The Bertz CT molecular complexity index is 1280. The monoisotopic (exact) mass is 516 g/mol. The van der Waals surface area contributed by atoms with Gasteiger partial charge in [0.2, 0.25) is 16.9 Å². The summed E-state index contributed by atoms with van der Waals surface area (Å²) in [6.07, 6.45) is 0.165. The first-order valence-corrected chi connectivity index (χ1v) is 13.5.